The van der Waals surface area contributed by atoms with E-state index in [-0.39, 0.29) is 0 Å². The number of halogens is 1. The molecule has 19 heavy (non-hydrogen) atoms. The number of nitrogens with one attached hydrogen (secondary N) is 1. The van der Waals surface area contributed by atoms with E-state index in [1.807, 2.05) is 0 Å². The molecule has 3 nitrogen and oxygen atoms in total. The summed E-state index contributed by atoms with van der Waals surface area (Å²) in [6, 6.07) is 7.41. The molecule has 0 spiro atoms. The average molecular weight is 340 g/mol. The molecule has 1 N–H and O–H groups in total. The second kappa shape index (κ2) is 5.04. The Hall–Kier alpha value is -0.650. The standard InChI is InChI=1S/C14H18BrN3S/c1-9-7-11(5-6-17(9)2)18-13-8-10(15)3-4-12(13)16-14(18)19/h3-4,8-9,11H,5-7H2,1-2H3,(H,16,19). The van der Waals surface area contributed by atoms with Crippen LogP contribution in [0.25, 0.3) is 11.0 Å². The molecule has 0 saturated carbocycles. The van der Waals surface area contributed by atoms with Gasteiger partial charge in [-0.2, -0.15) is 0 Å². The number of imidazole rings is 1. The topological polar surface area (TPSA) is 24.0 Å². The Labute approximate surface area is 126 Å². The van der Waals surface area contributed by atoms with Gasteiger partial charge in [-0.25, -0.2) is 0 Å². The Kier molecular flexibility index (Phi) is 3.53. The second-order valence-electron chi connectivity index (χ2n) is 5.47. The van der Waals surface area contributed by atoms with E-state index >= 15 is 0 Å². The number of benzene rings is 1. The fraction of sp³-hybridized carbons (Fsp3) is 0.500. The van der Waals surface area contributed by atoms with Crippen LogP contribution in [0.3, 0.4) is 0 Å². The van der Waals surface area contributed by atoms with E-state index in [9.17, 15) is 0 Å². The molecule has 1 aliphatic rings. The van der Waals surface area contributed by atoms with Crippen molar-refractivity contribution in [2.24, 2.45) is 0 Å². The molecule has 2 heterocycles. The molecule has 2 atom stereocenters. The van der Waals surface area contributed by atoms with Crippen LogP contribution in [0, 0.1) is 4.77 Å². The number of fused-ring (bicyclic) bond motifs is 1. The number of aromatic nitrogens is 2. The van der Waals surface area contributed by atoms with E-state index in [0.717, 1.165) is 34.1 Å². The van der Waals surface area contributed by atoms with Gasteiger partial charge in [0.1, 0.15) is 0 Å². The number of likely N-dealkylation sites (tertiary alicyclic amines) is 1. The maximum Gasteiger partial charge on any atom is 0.178 e. The Morgan fingerprint density at radius 1 is 1.42 bits per heavy atom. The first-order valence-corrected chi connectivity index (χ1v) is 7.86. The Balaban J connectivity index is 2.07. The van der Waals surface area contributed by atoms with Gasteiger partial charge in [-0.05, 0) is 57.2 Å². The number of rotatable bonds is 1. The van der Waals surface area contributed by atoms with Gasteiger partial charge in [-0.15, -0.1) is 0 Å². The first-order chi connectivity index (χ1) is 9.06. The maximum atomic E-state index is 5.52. The van der Waals surface area contributed by atoms with Crippen molar-refractivity contribution >= 4 is 39.2 Å². The minimum Gasteiger partial charge on any atom is -0.331 e. The Bertz CT molecular complexity index is 660. The van der Waals surface area contributed by atoms with Crippen LogP contribution in [0.2, 0.25) is 0 Å². The Morgan fingerprint density at radius 2 is 2.21 bits per heavy atom. The normalized spacial score (nSPS) is 25.0. The van der Waals surface area contributed by atoms with E-state index < -0.39 is 0 Å². The largest absolute Gasteiger partial charge is 0.331 e. The van der Waals surface area contributed by atoms with Crippen LogP contribution in [0.1, 0.15) is 25.8 Å². The van der Waals surface area contributed by atoms with Gasteiger partial charge in [0, 0.05) is 23.1 Å². The smallest absolute Gasteiger partial charge is 0.178 e. The summed E-state index contributed by atoms with van der Waals surface area (Å²) < 4.78 is 4.25. The highest BCUT2D eigenvalue weighted by molar-refractivity contribution is 9.10. The van der Waals surface area contributed by atoms with Gasteiger partial charge in [-0.1, -0.05) is 15.9 Å². The van der Waals surface area contributed by atoms with Crippen LogP contribution in [-0.2, 0) is 0 Å². The van der Waals surface area contributed by atoms with Crippen molar-refractivity contribution in [3.8, 4) is 0 Å². The lowest BCUT2D eigenvalue weighted by Crippen LogP contribution is -2.38. The van der Waals surface area contributed by atoms with E-state index in [4.69, 9.17) is 12.2 Å². The van der Waals surface area contributed by atoms with Gasteiger partial charge < -0.3 is 14.5 Å². The summed E-state index contributed by atoms with van der Waals surface area (Å²) in [5.41, 5.74) is 2.33. The average Bonchev–Trinajstić information content (AvgIpc) is 2.68. The summed E-state index contributed by atoms with van der Waals surface area (Å²) in [4.78, 5) is 5.74. The van der Waals surface area contributed by atoms with E-state index in [1.54, 1.807) is 0 Å². The van der Waals surface area contributed by atoms with Gasteiger partial charge >= 0.3 is 0 Å². The lowest BCUT2D eigenvalue weighted by atomic mass is 9.98. The first-order valence-electron chi connectivity index (χ1n) is 6.66. The lowest BCUT2D eigenvalue weighted by Gasteiger charge is -2.35. The molecule has 1 aliphatic heterocycles. The van der Waals surface area contributed by atoms with Crippen LogP contribution in [0.5, 0.6) is 0 Å². The SMILES string of the molecule is CC1CC(n2c(=S)[nH]c3ccc(Br)cc32)CCN1C. The van der Waals surface area contributed by atoms with Crippen molar-refractivity contribution in [3.05, 3.63) is 27.4 Å². The molecule has 3 rings (SSSR count). The van der Waals surface area contributed by atoms with Gasteiger partial charge in [-0.3, -0.25) is 0 Å². The highest BCUT2D eigenvalue weighted by atomic mass is 79.9. The number of aromatic amines is 1. The maximum absolute atomic E-state index is 5.52. The summed E-state index contributed by atoms with van der Waals surface area (Å²) in [6.07, 6.45) is 2.32. The van der Waals surface area contributed by atoms with Crippen molar-refractivity contribution in [3.63, 3.8) is 0 Å². The molecule has 5 heteroatoms. The number of hydrogen-bond acceptors (Lipinski definition) is 2. The molecule has 102 valence electrons. The number of nitrogens with zero attached hydrogens (tertiary/aromatic N) is 2. The zero-order valence-corrected chi connectivity index (χ0v) is 13.6. The Morgan fingerprint density at radius 3 is 2.95 bits per heavy atom. The summed E-state index contributed by atoms with van der Waals surface area (Å²) in [5, 5.41) is 0. The van der Waals surface area contributed by atoms with Gasteiger partial charge in [0.05, 0.1) is 11.0 Å². The molecular formula is C14H18BrN3S. The minimum absolute atomic E-state index is 0.502. The molecule has 2 aromatic rings. The summed E-state index contributed by atoms with van der Waals surface area (Å²) in [7, 11) is 2.20. The highest BCUT2D eigenvalue weighted by Crippen LogP contribution is 2.30. The van der Waals surface area contributed by atoms with Crippen LogP contribution in [0.4, 0.5) is 0 Å². The predicted molar refractivity (Wildman–Crippen MR) is 85.2 cm³/mol. The number of hydrogen-bond donors (Lipinski definition) is 1. The van der Waals surface area contributed by atoms with Crippen molar-refractivity contribution in [2.75, 3.05) is 13.6 Å². The summed E-state index contributed by atoms with van der Waals surface area (Å²) >= 11 is 9.08. The van der Waals surface area contributed by atoms with Crippen molar-refractivity contribution < 1.29 is 0 Å². The molecular weight excluding hydrogens is 322 g/mol. The summed E-state index contributed by atoms with van der Waals surface area (Å²) in [6.45, 7) is 3.43. The third kappa shape index (κ3) is 2.39. The number of H-pyrrole nitrogens is 1. The molecule has 0 aliphatic carbocycles. The molecule has 1 saturated heterocycles. The molecule has 1 fully saturated rings. The molecule has 2 unspecified atom stereocenters. The molecule has 0 bridgehead atoms. The van der Waals surface area contributed by atoms with Crippen LogP contribution in [-0.4, -0.2) is 34.1 Å². The predicted octanol–water partition coefficient (Wildman–Crippen LogP) is 4.12. The van der Waals surface area contributed by atoms with Crippen LogP contribution >= 0.6 is 28.1 Å². The van der Waals surface area contributed by atoms with Crippen LogP contribution < -0.4 is 0 Å². The quantitative estimate of drug-likeness (QED) is 0.790. The second-order valence-corrected chi connectivity index (χ2v) is 6.77. The van der Waals surface area contributed by atoms with Crippen LogP contribution in [0.15, 0.2) is 22.7 Å². The van der Waals surface area contributed by atoms with E-state index in [2.05, 4.69) is 62.6 Å². The monoisotopic (exact) mass is 339 g/mol. The zero-order valence-electron chi connectivity index (χ0n) is 11.2. The van der Waals surface area contributed by atoms with E-state index in [1.165, 1.54) is 5.52 Å². The number of piperidine rings is 1. The van der Waals surface area contributed by atoms with Gasteiger partial charge in [0.25, 0.3) is 0 Å². The lowest BCUT2D eigenvalue weighted by molar-refractivity contribution is 0.158. The van der Waals surface area contributed by atoms with Crippen molar-refractivity contribution in [1.29, 1.82) is 0 Å². The first kappa shape index (κ1) is 13.3. The van der Waals surface area contributed by atoms with Gasteiger partial charge in [0.2, 0.25) is 0 Å². The molecule has 1 aromatic heterocycles. The minimum atomic E-state index is 0.502. The van der Waals surface area contributed by atoms with Gasteiger partial charge in [0.15, 0.2) is 4.77 Å². The highest BCUT2D eigenvalue weighted by Gasteiger charge is 2.25. The third-order valence-electron chi connectivity index (χ3n) is 4.23. The molecule has 0 amide bonds. The third-order valence-corrected chi connectivity index (χ3v) is 5.02. The fourth-order valence-electron chi connectivity index (χ4n) is 2.96. The fourth-order valence-corrected chi connectivity index (χ4v) is 3.66. The molecule has 1 aromatic carbocycles. The molecule has 0 radical (unpaired) electrons. The van der Waals surface area contributed by atoms with E-state index in [0.29, 0.717) is 12.1 Å². The summed E-state index contributed by atoms with van der Waals surface area (Å²) in [5.74, 6) is 0. The van der Waals surface area contributed by atoms with Crippen molar-refractivity contribution in [1.82, 2.24) is 14.5 Å². The van der Waals surface area contributed by atoms with Crippen molar-refractivity contribution in [2.45, 2.75) is 31.8 Å². The zero-order chi connectivity index (χ0) is 13.6.